The van der Waals surface area contributed by atoms with Gasteiger partial charge in [-0.05, 0) is 67.4 Å². The van der Waals surface area contributed by atoms with Gasteiger partial charge in [-0.1, -0.05) is 30.4 Å². The van der Waals surface area contributed by atoms with Crippen LogP contribution in [0.4, 0.5) is 5.13 Å². The number of nitrogens with zero attached hydrogens (tertiary/aromatic N) is 2. The van der Waals surface area contributed by atoms with Crippen molar-refractivity contribution in [2.24, 2.45) is 0 Å². The molecular weight excluding hydrogens is 544 g/mol. The van der Waals surface area contributed by atoms with Gasteiger partial charge in [0.2, 0.25) is 0 Å². The number of ether oxygens (including phenoxy) is 4. The monoisotopic (exact) mass is 572 g/mol. The molecule has 0 spiro atoms. The summed E-state index contributed by atoms with van der Waals surface area (Å²) in [7, 11) is 0. The number of aliphatic hydroxyl groups is 1. The first-order valence-electron chi connectivity index (χ1n) is 13.5. The van der Waals surface area contributed by atoms with E-state index in [9.17, 15) is 14.7 Å². The summed E-state index contributed by atoms with van der Waals surface area (Å²) in [5, 5.41) is 11.9. The zero-order valence-corrected chi connectivity index (χ0v) is 23.4. The zero-order valence-electron chi connectivity index (χ0n) is 22.6. The molecule has 9 nitrogen and oxygen atoms in total. The molecule has 1 N–H and O–H groups in total. The molecule has 0 bridgehead atoms. The maximum Gasteiger partial charge on any atom is 0.301 e. The highest BCUT2D eigenvalue weighted by molar-refractivity contribution is 7.22. The van der Waals surface area contributed by atoms with E-state index in [-0.39, 0.29) is 11.3 Å². The Labute approximate surface area is 240 Å². The van der Waals surface area contributed by atoms with Gasteiger partial charge >= 0.3 is 5.91 Å². The summed E-state index contributed by atoms with van der Waals surface area (Å²) in [5.74, 6) is 0.388. The molecule has 10 heteroatoms. The van der Waals surface area contributed by atoms with Crippen LogP contribution in [0.3, 0.4) is 0 Å². The summed E-state index contributed by atoms with van der Waals surface area (Å²) >= 11 is 1.27. The first kappa shape index (κ1) is 26.6. The molecule has 2 aliphatic heterocycles. The Morgan fingerprint density at radius 1 is 1.00 bits per heavy atom. The molecule has 3 heterocycles. The Kier molecular flexibility index (Phi) is 7.23. The summed E-state index contributed by atoms with van der Waals surface area (Å²) in [6, 6.07) is 16.7. The van der Waals surface area contributed by atoms with Crippen molar-refractivity contribution in [3.63, 3.8) is 0 Å². The van der Waals surface area contributed by atoms with Crippen LogP contribution in [0.15, 0.2) is 66.2 Å². The van der Waals surface area contributed by atoms with E-state index in [1.807, 2.05) is 38.1 Å². The largest absolute Gasteiger partial charge is 0.507 e. The van der Waals surface area contributed by atoms with Gasteiger partial charge < -0.3 is 24.1 Å². The van der Waals surface area contributed by atoms with Crippen molar-refractivity contribution < 1.29 is 33.6 Å². The number of hydrogen-bond acceptors (Lipinski definition) is 9. The third-order valence-corrected chi connectivity index (χ3v) is 7.79. The summed E-state index contributed by atoms with van der Waals surface area (Å²) in [6.07, 6.45) is 0.822. The summed E-state index contributed by atoms with van der Waals surface area (Å²) < 4.78 is 23.6. The lowest BCUT2D eigenvalue weighted by Crippen LogP contribution is -2.29. The molecule has 0 saturated carbocycles. The molecule has 3 aromatic carbocycles. The minimum absolute atomic E-state index is 0.0476. The van der Waals surface area contributed by atoms with Crippen LogP contribution in [0.5, 0.6) is 23.0 Å². The molecule has 6 rings (SSSR count). The van der Waals surface area contributed by atoms with Crippen LogP contribution in [0.1, 0.15) is 37.4 Å². The summed E-state index contributed by atoms with van der Waals surface area (Å²) in [5.41, 5.74) is 1.56. The third kappa shape index (κ3) is 4.95. The predicted molar refractivity (Wildman–Crippen MR) is 155 cm³/mol. The van der Waals surface area contributed by atoms with Crippen LogP contribution in [-0.4, -0.2) is 48.2 Å². The van der Waals surface area contributed by atoms with E-state index in [0.29, 0.717) is 71.2 Å². The number of benzene rings is 3. The van der Waals surface area contributed by atoms with E-state index in [4.69, 9.17) is 23.9 Å². The fourth-order valence-electron chi connectivity index (χ4n) is 4.94. The van der Waals surface area contributed by atoms with E-state index < -0.39 is 17.7 Å². The van der Waals surface area contributed by atoms with Crippen molar-refractivity contribution >= 4 is 44.1 Å². The van der Waals surface area contributed by atoms with E-state index in [0.717, 1.165) is 11.1 Å². The van der Waals surface area contributed by atoms with Crippen LogP contribution in [0.25, 0.3) is 16.0 Å². The normalized spacial score (nSPS) is 17.7. The molecule has 0 unspecified atom stereocenters. The minimum Gasteiger partial charge on any atom is -0.507 e. The van der Waals surface area contributed by atoms with Gasteiger partial charge in [0, 0.05) is 5.56 Å². The molecule has 0 radical (unpaired) electrons. The number of aliphatic hydroxyl groups excluding tert-OH is 1. The van der Waals surface area contributed by atoms with E-state index >= 15 is 0 Å². The van der Waals surface area contributed by atoms with E-state index in [2.05, 4.69) is 0 Å². The number of Topliss-reactive ketones (excluding diaryl/α,β-unsaturated/α-hetero) is 1. The highest BCUT2D eigenvalue weighted by atomic mass is 32.1. The average Bonchev–Trinajstić information content (AvgIpc) is 3.53. The number of fused-ring (bicyclic) bond motifs is 2. The van der Waals surface area contributed by atoms with Crippen LogP contribution in [-0.2, 0) is 9.59 Å². The number of carbonyl (C=O) groups excluding carboxylic acids is 2. The van der Waals surface area contributed by atoms with Crippen LogP contribution in [0, 0.1) is 0 Å². The van der Waals surface area contributed by atoms with Gasteiger partial charge in [-0.3, -0.25) is 14.5 Å². The zero-order chi connectivity index (χ0) is 28.5. The minimum atomic E-state index is -0.944. The molecule has 41 heavy (non-hydrogen) atoms. The highest BCUT2D eigenvalue weighted by Gasteiger charge is 2.48. The van der Waals surface area contributed by atoms with Crippen LogP contribution < -0.4 is 23.8 Å². The molecule has 1 aromatic heterocycles. The van der Waals surface area contributed by atoms with Gasteiger partial charge in [-0.15, -0.1) is 0 Å². The fourth-order valence-corrected chi connectivity index (χ4v) is 5.96. The van der Waals surface area contributed by atoms with Crippen molar-refractivity contribution in [3.8, 4) is 23.0 Å². The smallest absolute Gasteiger partial charge is 0.301 e. The predicted octanol–water partition coefficient (Wildman–Crippen LogP) is 5.88. The van der Waals surface area contributed by atoms with E-state index in [1.165, 1.54) is 16.2 Å². The maximum absolute atomic E-state index is 13.7. The molecule has 1 fully saturated rings. The van der Waals surface area contributed by atoms with Gasteiger partial charge in [-0.2, -0.15) is 0 Å². The second-order valence-corrected chi connectivity index (χ2v) is 10.5. The molecule has 1 amide bonds. The van der Waals surface area contributed by atoms with Gasteiger partial charge in [0.25, 0.3) is 5.78 Å². The highest BCUT2D eigenvalue weighted by Crippen LogP contribution is 2.46. The maximum atomic E-state index is 13.7. The number of aromatic nitrogens is 1. The fraction of sp³-hybridized carbons (Fsp3) is 0.258. The van der Waals surface area contributed by atoms with Crippen LogP contribution in [0.2, 0.25) is 0 Å². The van der Waals surface area contributed by atoms with E-state index in [1.54, 1.807) is 36.4 Å². The standard InChI is InChI=1S/C31H28N2O7S/c1-3-12-38-20-7-5-6-18(15-20)27-26(28(34)19-8-11-23-24(16-19)40-14-13-39-23)29(35)30(36)33(27)31-32-22-10-9-21(37-4-2)17-25(22)41-31/h5-11,15-17,27,34H,3-4,12-14H2,1-2H3/t27-/m0/s1. The molecular formula is C31H28N2O7S. The Morgan fingerprint density at radius 3 is 2.61 bits per heavy atom. The van der Waals surface area contributed by atoms with Gasteiger partial charge in [0.1, 0.15) is 30.5 Å². The Hall–Kier alpha value is -4.57. The molecule has 1 atom stereocenters. The topological polar surface area (TPSA) is 107 Å². The number of rotatable bonds is 8. The quantitative estimate of drug-likeness (QED) is 0.158. The summed E-state index contributed by atoms with van der Waals surface area (Å²) in [6.45, 7) is 5.74. The summed E-state index contributed by atoms with van der Waals surface area (Å²) in [4.78, 5) is 33.4. The Balaban J connectivity index is 1.50. The van der Waals surface area contributed by atoms with Crippen LogP contribution >= 0.6 is 11.3 Å². The van der Waals surface area contributed by atoms with Crippen molar-refractivity contribution in [1.82, 2.24) is 4.98 Å². The number of amides is 1. The van der Waals surface area contributed by atoms with Crippen molar-refractivity contribution in [3.05, 3.63) is 77.4 Å². The number of ketones is 1. The number of thiazole rings is 1. The first-order chi connectivity index (χ1) is 20.0. The van der Waals surface area contributed by atoms with Gasteiger partial charge in [-0.25, -0.2) is 4.98 Å². The SMILES string of the molecule is CCCOc1cccc([C@H]2C(=C(O)c3ccc4c(c3)OCCO4)C(=O)C(=O)N2c2nc3ccc(OCC)cc3s2)c1. The molecule has 1 saturated heterocycles. The molecule has 2 aliphatic rings. The average molecular weight is 573 g/mol. The Morgan fingerprint density at radius 2 is 1.80 bits per heavy atom. The lowest BCUT2D eigenvalue weighted by Gasteiger charge is -2.23. The first-order valence-corrected chi connectivity index (χ1v) is 14.3. The number of carbonyl (C=O) groups is 2. The van der Waals surface area contributed by atoms with Crippen molar-refractivity contribution in [1.29, 1.82) is 0 Å². The second-order valence-electron chi connectivity index (χ2n) is 9.51. The third-order valence-electron chi connectivity index (χ3n) is 6.77. The number of anilines is 1. The second kappa shape index (κ2) is 11.1. The molecule has 4 aromatic rings. The lowest BCUT2D eigenvalue weighted by atomic mass is 9.95. The van der Waals surface area contributed by atoms with Crippen molar-refractivity contribution in [2.45, 2.75) is 26.3 Å². The van der Waals surface area contributed by atoms with Crippen molar-refractivity contribution in [2.75, 3.05) is 31.3 Å². The number of hydrogen-bond donors (Lipinski definition) is 1. The molecule has 210 valence electrons. The van der Waals surface area contributed by atoms with Gasteiger partial charge in [0.15, 0.2) is 16.6 Å². The van der Waals surface area contributed by atoms with Gasteiger partial charge in [0.05, 0.1) is 35.0 Å². The lowest BCUT2D eigenvalue weighted by molar-refractivity contribution is -0.132. The molecule has 0 aliphatic carbocycles. The Bertz CT molecular complexity index is 1680.